The molecule has 0 aromatic carbocycles. The number of alkyl halides is 3. The third-order valence-corrected chi connectivity index (χ3v) is 8.14. The topological polar surface area (TPSA) is 141 Å². The first-order chi connectivity index (χ1) is 16.9. The Morgan fingerprint density at radius 2 is 2.08 bits per heavy atom. The Labute approximate surface area is 206 Å². The lowest BCUT2D eigenvalue weighted by atomic mass is 9.81. The largest absolute Gasteiger partial charge is 0.470 e. The number of piperidine rings is 1. The molecule has 10 nitrogen and oxygen atoms in total. The highest BCUT2D eigenvalue weighted by Crippen LogP contribution is 2.40. The predicted octanol–water partition coefficient (Wildman–Crippen LogP) is 2.27. The minimum atomic E-state index is -3.96. The normalized spacial score (nSPS) is 28.7. The van der Waals surface area contributed by atoms with Gasteiger partial charge in [0.1, 0.15) is 23.9 Å². The number of halogens is 3. The molecule has 2 aliphatic rings. The van der Waals surface area contributed by atoms with E-state index in [1.54, 1.807) is 6.07 Å². The summed E-state index contributed by atoms with van der Waals surface area (Å²) in [7, 11) is -3.96. The van der Waals surface area contributed by atoms with Crippen LogP contribution in [-0.2, 0) is 10.0 Å². The molecule has 4 atom stereocenters. The van der Waals surface area contributed by atoms with Gasteiger partial charge in [-0.3, -0.25) is 0 Å². The second-order valence-electron chi connectivity index (χ2n) is 9.13. The molecule has 2 aromatic heterocycles. The van der Waals surface area contributed by atoms with Crippen LogP contribution in [0.3, 0.4) is 0 Å². The van der Waals surface area contributed by atoms with Crippen molar-refractivity contribution in [2.24, 2.45) is 0 Å². The molecule has 2 N–H and O–H groups in total. The summed E-state index contributed by atoms with van der Waals surface area (Å²) in [4.78, 5) is 11.9. The Hall–Kier alpha value is -3.02. The maximum atomic E-state index is 15.0. The fraction of sp³-hybridized carbons (Fsp3) is 0.545. The molecule has 1 aliphatic carbocycles. The van der Waals surface area contributed by atoms with Crippen LogP contribution in [0.2, 0.25) is 0 Å². The molecule has 2 fully saturated rings. The van der Waals surface area contributed by atoms with Gasteiger partial charge < -0.3 is 15.2 Å². The third-order valence-electron chi connectivity index (χ3n) is 6.36. The number of rotatable bonds is 6. The van der Waals surface area contributed by atoms with Crippen molar-refractivity contribution in [3.63, 3.8) is 0 Å². The first-order valence-electron chi connectivity index (χ1n) is 11.3. The van der Waals surface area contributed by atoms with Crippen LogP contribution in [0.25, 0.3) is 0 Å². The highest BCUT2D eigenvalue weighted by Gasteiger charge is 2.49. The van der Waals surface area contributed by atoms with Crippen molar-refractivity contribution in [1.29, 1.82) is 5.26 Å². The van der Waals surface area contributed by atoms with E-state index in [1.165, 1.54) is 25.3 Å². The van der Waals surface area contributed by atoms with Crippen molar-refractivity contribution in [1.82, 2.24) is 19.3 Å². The van der Waals surface area contributed by atoms with E-state index in [0.717, 1.165) is 10.5 Å². The van der Waals surface area contributed by atoms with E-state index in [0.29, 0.717) is 0 Å². The van der Waals surface area contributed by atoms with Crippen LogP contribution in [0.5, 0.6) is 5.88 Å². The van der Waals surface area contributed by atoms with Gasteiger partial charge in [0.2, 0.25) is 11.8 Å². The number of nitriles is 1. The highest BCUT2D eigenvalue weighted by atomic mass is 32.2. The fourth-order valence-corrected chi connectivity index (χ4v) is 5.54. The molecule has 1 saturated carbocycles. The van der Waals surface area contributed by atoms with Crippen molar-refractivity contribution in [3.05, 3.63) is 36.2 Å². The van der Waals surface area contributed by atoms with Crippen LogP contribution in [0.1, 0.15) is 38.2 Å². The van der Waals surface area contributed by atoms with Crippen LogP contribution < -0.4 is 10.1 Å². The minimum Gasteiger partial charge on any atom is -0.470 e. The zero-order valence-corrected chi connectivity index (χ0v) is 20.1. The number of nitrogens with zero attached hydrogens (tertiary/aromatic N) is 5. The molecule has 0 unspecified atom stereocenters. The van der Waals surface area contributed by atoms with Crippen LogP contribution in [0.15, 0.2) is 35.6 Å². The summed E-state index contributed by atoms with van der Waals surface area (Å²) in [6.07, 6.45) is -1.88. The molecule has 4 rings (SSSR count). The van der Waals surface area contributed by atoms with Crippen LogP contribution in [-0.4, -0.2) is 75.7 Å². The Morgan fingerprint density at radius 3 is 2.75 bits per heavy atom. The van der Waals surface area contributed by atoms with Gasteiger partial charge in [-0.25, -0.2) is 31.6 Å². The molecule has 194 valence electrons. The number of aromatic nitrogens is 3. The summed E-state index contributed by atoms with van der Waals surface area (Å²) in [5, 5.41) is 22.5. The summed E-state index contributed by atoms with van der Waals surface area (Å²) in [6, 6.07) is 5.38. The molecule has 2 aromatic rings. The number of sulfonamides is 1. The average Bonchev–Trinajstić information content (AvgIpc) is 2.84. The molecule has 14 heteroatoms. The van der Waals surface area contributed by atoms with Gasteiger partial charge >= 0.3 is 0 Å². The molecule has 0 spiro atoms. The van der Waals surface area contributed by atoms with Gasteiger partial charge in [0.15, 0.2) is 5.03 Å². The number of pyridine rings is 1. The average molecular weight is 527 g/mol. The number of nitrogens with one attached hydrogen (secondary N) is 1. The van der Waals surface area contributed by atoms with Gasteiger partial charge in [0.05, 0.1) is 24.3 Å². The number of ether oxygens (including phenoxy) is 1. The van der Waals surface area contributed by atoms with E-state index in [-0.39, 0.29) is 41.8 Å². The molecular weight excluding hydrogens is 501 g/mol. The van der Waals surface area contributed by atoms with Gasteiger partial charge in [0.25, 0.3) is 15.9 Å². The first kappa shape index (κ1) is 26.1. The van der Waals surface area contributed by atoms with Gasteiger partial charge in [-0.05, 0) is 31.9 Å². The quantitative estimate of drug-likeness (QED) is 0.580. The summed E-state index contributed by atoms with van der Waals surface area (Å²) in [6.45, 7) is 0.965. The van der Waals surface area contributed by atoms with E-state index >= 15 is 0 Å². The van der Waals surface area contributed by atoms with Gasteiger partial charge in [-0.1, -0.05) is 6.07 Å². The number of anilines is 1. The van der Waals surface area contributed by atoms with Crippen molar-refractivity contribution in [2.75, 3.05) is 18.4 Å². The van der Waals surface area contributed by atoms with Crippen molar-refractivity contribution < 1.29 is 31.4 Å². The second-order valence-corrected chi connectivity index (χ2v) is 11.0. The minimum absolute atomic E-state index is 0.0106. The van der Waals surface area contributed by atoms with E-state index in [1.807, 2.05) is 6.07 Å². The number of hydrogen-bond acceptors (Lipinski definition) is 9. The molecule has 36 heavy (non-hydrogen) atoms. The van der Waals surface area contributed by atoms with Crippen LogP contribution in [0.4, 0.5) is 19.1 Å². The zero-order chi connectivity index (χ0) is 26.1. The molecular formula is C22H25F3N6O4S. The number of aliphatic hydroxyl groups is 1. The van der Waals surface area contributed by atoms with Gasteiger partial charge in [-0.15, -0.1) is 0 Å². The Kier molecular flexibility index (Phi) is 7.09. The van der Waals surface area contributed by atoms with Crippen LogP contribution >= 0.6 is 0 Å². The van der Waals surface area contributed by atoms with Crippen molar-refractivity contribution in [3.8, 4) is 11.9 Å². The molecule has 0 radical (unpaired) electrons. The third kappa shape index (κ3) is 5.53. The van der Waals surface area contributed by atoms with E-state index in [2.05, 4.69) is 20.3 Å². The lowest BCUT2D eigenvalue weighted by Crippen LogP contribution is -2.51. The SMILES string of the molecule is C[C@]1(O)CCC(F)(F)C[C@H]1Oc1nc(N[C@@H]2CCN(S(=O)(=O)c3ccccn3)C[C@H]2F)ncc1C#N. The summed E-state index contributed by atoms with van der Waals surface area (Å²) in [5.41, 5.74) is -1.71. The number of hydrogen-bond donors (Lipinski definition) is 2. The maximum absolute atomic E-state index is 15.0. The Balaban J connectivity index is 1.47. The Bertz CT molecular complexity index is 1240. The molecule has 1 aliphatic heterocycles. The van der Waals surface area contributed by atoms with E-state index in [4.69, 9.17) is 4.74 Å². The fourth-order valence-electron chi connectivity index (χ4n) is 4.15. The lowest BCUT2D eigenvalue weighted by molar-refractivity contribution is -0.155. The maximum Gasteiger partial charge on any atom is 0.260 e. The molecule has 0 bridgehead atoms. The molecule has 3 heterocycles. The van der Waals surface area contributed by atoms with Gasteiger partial charge in [0, 0.05) is 25.7 Å². The van der Waals surface area contributed by atoms with Crippen molar-refractivity contribution >= 4 is 16.0 Å². The lowest BCUT2D eigenvalue weighted by Gasteiger charge is -2.40. The second kappa shape index (κ2) is 9.79. The smallest absolute Gasteiger partial charge is 0.260 e. The zero-order valence-electron chi connectivity index (χ0n) is 19.3. The summed E-state index contributed by atoms with van der Waals surface area (Å²) in [5.74, 6) is -3.48. The van der Waals surface area contributed by atoms with E-state index < -0.39 is 59.3 Å². The molecule has 1 saturated heterocycles. The first-order valence-corrected chi connectivity index (χ1v) is 12.7. The van der Waals surface area contributed by atoms with Crippen molar-refractivity contribution in [2.45, 2.75) is 67.5 Å². The van der Waals surface area contributed by atoms with Gasteiger partial charge in [-0.2, -0.15) is 14.6 Å². The monoisotopic (exact) mass is 526 g/mol. The Morgan fingerprint density at radius 1 is 1.31 bits per heavy atom. The summed E-state index contributed by atoms with van der Waals surface area (Å²) < 4.78 is 74.9. The predicted molar refractivity (Wildman–Crippen MR) is 121 cm³/mol. The molecule has 0 amide bonds. The van der Waals surface area contributed by atoms with Crippen LogP contribution in [0, 0.1) is 11.3 Å². The highest BCUT2D eigenvalue weighted by molar-refractivity contribution is 7.89. The van der Waals surface area contributed by atoms with E-state index in [9.17, 15) is 32.0 Å². The standard InChI is InChI=1S/C22H25F3N6O4S/c1-21(32)6-7-22(24,25)10-17(21)35-19-14(11-26)12-28-20(30-19)29-16-5-9-31(13-15(16)23)36(33,34)18-4-2-3-8-27-18/h2-4,8,12,15-17,32H,5-7,9-10,13H2,1H3,(H,28,29,30)/t15-,16-,17-,21+/m1/s1. The summed E-state index contributed by atoms with van der Waals surface area (Å²) >= 11 is 0.